The van der Waals surface area contributed by atoms with Gasteiger partial charge in [-0.2, -0.15) is 0 Å². The van der Waals surface area contributed by atoms with Gasteiger partial charge in [-0.25, -0.2) is 0 Å². The number of nitrogens with one attached hydrogen (secondary N) is 1. The molecule has 1 saturated carbocycles. The van der Waals surface area contributed by atoms with Gasteiger partial charge < -0.3 is 10.4 Å². The van der Waals surface area contributed by atoms with Crippen LogP contribution in [0.5, 0.6) is 0 Å². The first-order chi connectivity index (χ1) is 5.79. The quantitative estimate of drug-likeness (QED) is 0.570. The summed E-state index contributed by atoms with van der Waals surface area (Å²) in [6.07, 6.45) is 4.74. The molecular weight excluding hydrogens is 150 g/mol. The summed E-state index contributed by atoms with van der Waals surface area (Å²) in [5.41, 5.74) is 0. The van der Waals surface area contributed by atoms with E-state index in [1.165, 1.54) is 19.3 Å². The molecule has 0 bridgehead atoms. The summed E-state index contributed by atoms with van der Waals surface area (Å²) in [6, 6.07) is 0.405. The highest BCUT2D eigenvalue weighted by Crippen LogP contribution is 2.34. The predicted octanol–water partition coefficient (Wildman–Crippen LogP) is 1.15. The lowest BCUT2D eigenvalue weighted by molar-refractivity contribution is 0.0212. The minimum atomic E-state index is -0.0773. The van der Waals surface area contributed by atoms with Crippen LogP contribution in [0.25, 0.3) is 0 Å². The molecule has 2 rings (SSSR count). The first-order valence-electron chi connectivity index (χ1n) is 5.20. The van der Waals surface area contributed by atoms with Crippen molar-refractivity contribution in [3.8, 4) is 0 Å². The number of fused-ring (bicyclic) bond motifs is 1. The minimum absolute atomic E-state index is 0.0773. The van der Waals surface area contributed by atoms with Crippen LogP contribution in [0, 0.1) is 11.8 Å². The summed E-state index contributed by atoms with van der Waals surface area (Å²) in [5.74, 6) is 1.55. The molecule has 4 unspecified atom stereocenters. The zero-order valence-electron chi connectivity index (χ0n) is 7.79. The van der Waals surface area contributed by atoms with Gasteiger partial charge in [0.1, 0.15) is 0 Å². The second kappa shape index (κ2) is 3.35. The van der Waals surface area contributed by atoms with E-state index in [0.717, 1.165) is 24.8 Å². The Morgan fingerprint density at radius 1 is 1.25 bits per heavy atom. The third kappa shape index (κ3) is 1.38. The van der Waals surface area contributed by atoms with Crippen molar-refractivity contribution in [3.63, 3.8) is 0 Å². The number of rotatable bonds is 0. The zero-order chi connectivity index (χ0) is 8.55. The monoisotopic (exact) mass is 169 g/mol. The first-order valence-corrected chi connectivity index (χ1v) is 5.20. The van der Waals surface area contributed by atoms with Crippen molar-refractivity contribution in [2.45, 2.75) is 44.8 Å². The van der Waals surface area contributed by atoms with Crippen LogP contribution in [-0.2, 0) is 0 Å². The van der Waals surface area contributed by atoms with Crippen LogP contribution < -0.4 is 5.32 Å². The summed E-state index contributed by atoms with van der Waals surface area (Å²) >= 11 is 0. The Kier molecular flexibility index (Phi) is 2.37. The highest BCUT2D eigenvalue weighted by molar-refractivity contribution is 4.92. The average Bonchev–Trinajstić information content (AvgIpc) is 2.07. The van der Waals surface area contributed by atoms with Gasteiger partial charge >= 0.3 is 0 Å². The largest absolute Gasteiger partial charge is 0.391 e. The smallest absolute Gasteiger partial charge is 0.0696 e. The maximum atomic E-state index is 9.76. The second-order valence-corrected chi connectivity index (χ2v) is 4.41. The molecule has 2 fully saturated rings. The van der Waals surface area contributed by atoms with Crippen LogP contribution in [0.2, 0.25) is 0 Å². The molecule has 0 aromatic carbocycles. The molecule has 2 N–H and O–H groups in total. The van der Waals surface area contributed by atoms with Crippen LogP contribution in [0.15, 0.2) is 0 Å². The van der Waals surface area contributed by atoms with E-state index in [9.17, 15) is 5.11 Å². The lowest BCUT2D eigenvalue weighted by Gasteiger charge is -2.43. The van der Waals surface area contributed by atoms with Gasteiger partial charge in [-0.3, -0.25) is 0 Å². The Morgan fingerprint density at radius 3 is 2.83 bits per heavy atom. The van der Waals surface area contributed by atoms with E-state index in [-0.39, 0.29) is 6.10 Å². The Hall–Kier alpha value is -0.0800. The van der Waals surface area contributed by atoms with E-state index in [4.69, 9.17) is 0 Å². The molecule has 1 aliphatic heterocycles. The maximum Gasteiger partial charge on any atom is 0.0696 e. The zero-order valence-corrected chi connectivity index (χ0v) is 7.79. The van der Waals surface area contributed by atoms with Crippen LogP contribution in [0.3, 0.4) is 0 Å². The molecule has 70 valence electrons. The van der Waals surface area contributed by atoms with Crippen molar-refractivity contribution in [1.82, 2.24) is 5.32 Å². The molecule has 1 heterocycles. The topological polar surface area (TPSA) is 32.3 Å². The molecular formula is C10H19NO. The maximum absolute atomic E-state index is 9.76. The molecule has 2 aliphatic rings. The van der Waals surface area contributed by atoms with Gasteiger partial charge in [-0.1, -0.05) is 13.3 Å². The van der Waals surface area contributed by atoms with Crippen molar-refractivity contribution in [2.75, 3.05) is 6.54 Å². The molecule has 12 heavy (non-hydrogen) atoms. The van der Waals surface area contributed by atoms with Crippen LogP contribution in [0.1, 0.15) is 32.6 Å². The van der Waals surface area contributed by atoms with Crippen LogP contribution in [0.4, 0.5) is 0 Å². The Balaban J connectivity index is 2.05. The van der Waals surface area contributed by atoms with Crippen molar-refractivity contribution >= 4 is 0 Å². The van der Waals surface area contributed by atoms with Gasteiger partial charge in [-0.15, -0.1) is 0 Å². The van der Waals surface area contributed by atoms with Gasteiger partial charge in [0.25, 0.3) is 0 Å². The fourth-order valence-electron chi connectivity index (χ4n) is 2.82. The SMILES string of the molecule is CC1CCNC2C(O)CCCC12. The molecule has 1 aliphatic carbocycles. The normalized spacial score (nSPS) is 48.5. The molecule has 0 aromatic rings. The Morgan fingerprint density at radius 2 is 2.08 bits per heavy atom. The van der Waals surface area contributed by atoms with E-state index >= 15 is 0 Å². The van der Waals surface area contributed by atoms with Crippen molar-refractivity contribution < 1.29 is 5.11 Å². The second-order valence-electron chi connectivity index (χ2n) is 4.41. The van der Waals surface area contributed by atoms with Crippen molar-refractivity contribution in [1.29, 1.82) is 0 Å². The molecule has 0 spiro atoms. The highest BCUT2D eigenvalue weighted by Gasteiger charge is 2.37. The minimum Gasteiger partial charge on any atom is -0.391 e. The summed E-state index contributed by atoms with van der Waals surface area (Å²) < 4.78 is 0. The fraction of sp³-hybridized carbons (Fsp3) is 1.00. The molecule has 4 atom stereocenters. The summed E-state index contributed by atoms with van der Waals surface area (Å²) in [5, 5.41) is 13.2. The third-order valence-corrected chi connectivity index (χ3v) is 3.62. The van der Waals surface area contributed by atoms with Gasteiger partial charge in [0.15, 0.2) is 0 Å². The number of aliphatic hydroxyl groups excluding tert-OH is 1. The van der Waals surface area contributed by atoms with Crippen LogP contribution in [-0.4, -0.2) is 23.8 Å². The Bertz CT molecular complexity index is 142. The molecule has 2 nitrogen and oxygen atoms in total. The predicted molar refractivity (Wildman–Crippen MR) is 48.9 cm³/mol. The van der Waals surface area contributed by atoms with Gasteiger partial charge in [0.2, 0.25) is 0 Å². The van der Waals surface area contributed by atoms with E-state index < -0.39 is 0 Å². The first kappa shape index (κ1) is 8.52. The molecule has 2 heteroatoms. The molecule has 1 saturated heterocycles. The van der Waals surface area contributed by atoms with E-state index in [2.05, 4.69) is 12.2 Å². The average molecular weight is 169 g/mol. The van der Waals surface area contributed by atoms with Crippen LogP contribution >= 0.6 is 0 Å². The third-order valence-electron chi connectivity index (χ3n) is 3.62. The number of hydrogen-bond acceptors (Lipinski definition) is 2. The van der Waals surface area contributed by atoms with Gasteiger partial charge in [0.05, 0.1) is 6.10 Å². The molecule has 0 aromatic heterocycles. The summed E-state index contributed by atoms with van der Waals surface area (Å²) in [4.78, 5) is 0. The lowest BCUT2D eigenvalue weighted by atomic mass is 9.72. The summed E-state index contributed by atoms with van der Waals surface area (Å²) in [6.45, 7) is 3.43. The van der Waals surface area contributed by atoms with E-state index in [1.807, 2.05) is 0 Å². The highest BCUT2D eigenvalue weighted by atomic mass is 16.3. The van der Waals surface area contributed by atoms with Gasteiger partial charge in [0, 0.05) is 6.04 Å². The lowest BCUT2D eigenvalue weighted by Crippen LogP contribution is -2.53. The standard InChI is InChI=1S/C10H19NO/c1-7-5-6-11-10-8(7)3-2-4-9(10)12/h7-12H,2-6H2,1H3. The number of hydrogen-bond donors (Lipinski definition) is 2. The summed E-state index contributed by atoms with van der Waals surface area (Å²) in [7, 11) is 0. The molecule has 0 amide bonds. The fourth-order valence-corrected chi connectivity index (χ4v) is 2.82. The van der Waals surface area contributed by atoms with Crippen molar-refractivity contribution in [3.05, 3.63) is 0 Å². The van der Waals surface area contributed by atoms with E-state index in [1.54, 1.807) is 0 Å². The van der Waals surface area contributed by atoms with Gasteiger partial charge in [-0.05, 0) is 37.6 Å². The van der Waals surface area contributed by atoms with Crippen molar-refractivity contribution in [2.24, 2.45) is 11.8 Å². The number of aliphatic hydroxyl groups is 1. The number of piperidine rings is 1. The van der Waals surface area contributed by atoms with E-state index in [0.29, 0.717) is 6.04 Å². The molecule has 0 radical (unpaired) electrons. The Labute approximate surface area is 74.4 Å².